The second-order valence-corrected chi connectivity index (χ2v) is 3.87. The zero-order chi connectivity index (χ0) is 7.23. The Morgan fingerprint density at radius 1 is 1.50 bits per heavy atom. The van der Waals surface area contributed by atoms with Crippen LogP contribution in [0.25, 0.3) is 0 Å². The van der Waals surface area contributed by atoms with Crippen molar-refractivity contribution in [2.24, 2.45) is 0 Å². The molecule has 0 spiro atoms. The molecule has 2 unspecified atom stereocenters. The van der Waals surface area contributed by atoms with Gasteiger partial charge >= 0.3 is 0 Å². The SMILES string of the molecule is PCCPc1ccccn1. The summed E-state index contributed by atoms with van der Waals surface area (Å²) < 4.78 is 0. The molecule has 0 aliphatic carbocycles. The van der Waals surface area contributed by atoms with E-state index in [2.05, 4.69) is 20.3 Å². The minimum absolute atomic E-state index is 0.873. The molecule has 0 aliphatic rings. The monoisotopic (exact) mass is 171 g/mol. The van der Waals surface area contributed by atoms with Crippen LogP contribution in [-0.2, 0) is 0 Å². The summed E-state index contributed by atoms with van der Waals surface area (Å²) in [6.07, 6.45) is 4.27. The predicted molar refractivity (Wildman–Crippen MR) is 51.6 cm³/mol. The first-order chi connectivity index (χ1) is 4.93. The third-order valence-corrected chi connectivity index (χ3v) is 3.18. The van der Waals surface area contributed by atoms with Gasteiger partial charge in [0.2, 0.25) is 0 Å². The summed E-state index contributed by atoms with van der Waals surface area (Å²) in [5.41, 5.74) is 1.23. The van der Waals surface area contributed by atoms with E-state index in [1.807, 2.05) is 18.3 Å². The lowest BCUT2D eigenvalue weighted by Gasteiger charge is -1.95. The standard InChI is InChI=1S/C7H11NP2/c9-5-6-10-7-3-1-2-4-8-7/h1-4,10H,5-6,9H2. The van der Waals surface area contributed by atoms with Gasteiger partial charge in [-0.3, -0.25) is 4.98 Å². The summed E-state index contributed by atoms with van der Waals surface area (Å²) in [4.78, 5) is 4.22. The zero-order valence-electron chi connectivity index (χ0n) is 5.75. The van der Waals surface area contributed by atoms with Gasteiger partial charge in [0.25, 0.3) is 0 Å². The van der Waals surface area contributed by atoms with Crippen molar-refractivity contribution in [1.29, 1.82) is 0 Å². The largest absolute Gasteiger partial charge is 0.257 e. The van der Waals surface area contributed by atoms with E-state index in [1.165, 1.54) is 17.8 Å². The summed E-state index contributed by atoms with van der Waals surface area (Å²) in [5, 5.41) is 0. The van der Waals surface area contributed by atoms with Crippen LogP contribution < -0.4 is 5.44 Å². The molecule has 1 rings (SSSR count). The summed E-state index contributed by atoms with van der Waals surface area (Å²) >= 11 is 0. The molecule has 10 heavy (non-hydrogen) atoms. The molecule has 0 saturated heterocycles. The smallest absolute Gasteiger partial charge is 0.0600 e. The Balaban J connectivity index is 2.43. The van der Waals surface area contributed by atoms with E-state index in [0.29, 0.717) is 0 Å². The predicted octanol–water partition coefficient (Wildman–Crippen LogP) is 1.26. The molecule has 1 aromatic heterocycles. The molecule has 0 fully saturated rings. The van der Waals surface area contributed by atoms with Crippen LogP contribution in [0.3, 0.4) is 0 Å². The molecule has 54 valence electrons. The van der Waals surface area contributed by atoms with E-state index in [0.717, 1.165) is 8.58 Å². The van der Waals surface area contributed by atoms with E-state index in [9.17, 15) is 0 Å². The molecule has 0 amide bonds. The van der Waals surface area contributed by atoms with Crippen molar-refractivity contribution in [3.63, 3.8) is 0 Å². The third-order valence-electron chi connectivity index (χ3n) is 1.12. The van der Waals surface area contributed by atoms with Crippen LogP contribution in [0.4, 0.5) is 0 Å². The van der Waals surface area contributed by atoms with Gasteiger partial charge in [-0.25, -0.2) is 0 Å². The van der Waals surface area contributed by atoms with Crippen molar-refractivity contribution < 1.29 is 0 Å². The molecule has 0 bridgehead atoms. The molecule has 0 saturated carbocycles. The van der Waals surface area contributed by atoms with Gasteiger partial charge in [0, 0.05) is 6.20 Å². The van der Waals surface area contributed by atoms with Gasteiger partial charge < -0.3 is 0 Å². The lowest BCUT2D eigenvalue weighted by Crippen LogP contribution is -1.99. The highest BCUT2D eigenvalue weighted by atomic mass is 31.1. The number of hydrogen-bond acceptors (Lipinski definition) is 1. The molecular formula is C7H11NP2. The number of nitrogens with zero attached hydrogens (tertiary/aromatic N) is 1. The lowest BCUT2D eigenvalue weighted by atomic mass is 10.5. The van der Waals surface area contributed by atoms with Gasteiger partial charge in [0.1, 0.15) is 0 Å². The van der Waals surface area contributed by atoms with Crippen LogP contribution in [0.5, 0.6) is 0 Å². The van der Waals surface area contributed by atoms with Crippen molar-refractivity contribution in [1.82, 2.24) is 4.98 Å². The van der Waals surface area contributed by atoms with Crippen LogP contribution in [0, 0.1) is 0 Å². The number of pyridine rings is 1. The highest BCUT2D eigenvalue weighted by Gasteiger charge is 1.88. The molecule has 2 atom stereocenters. The molecule has 1 nitrogen and oxygen atoms in total. The molecule has 0 aliphatic heterocycles. The fourth-order valence-corrected chi connectivity index (χ4v) is 1.88. The molecular weight excluding hydrogens is 160 g/mol. The number of aromatic nitrogens is 1. The Hall–Kier alpha value is 0.01000. The Labute approximate surface area is 65.6 Å². The molecule has 0 radical (unpaired) electrons. The summed E-state index contributed by atoms with van der Waals surface area (Å²) in [5.74, 6) is 0. The van der Waals surface area contributed by atoms with E-state index in [-0.39, 0.29) is 0 Å². The van der Waals surface area contributed by atoms with E-state index in [1.54, 1.807) is 0 Å². The highest BCUT2D eigenvalue weighted by Crippen LogP contribution is 2.07. The number of rotatable bonds is 3. The Bertz CT molecular complexity index is 176. The first-order valence-electron chi connectivity index (χ1n) is 3.28. The first kappa shape index (κ1) is 8.11. The summed E-state index contributed by atoms with van der Waals surface area (Å²) in [6, 6.07) is 6.07. The van der Waals surface area contributed by atoms with E-state index in [4.69, 9.17) is 0 Å². The molecule has 0 aromatic carbocycles. The maximum absolute atomic E-state index is 4.22. The maximum Gasteiger partial charge on any atom is 0.0600 e. The second kappa shape index (κ2) is 4.77. The van der Waals surface area contributed by atoms with Crippen LogP contribution in [0.2, 0.25) is 0 Å². The van der Waals surface area contributed by atoms with Crippen molar-refractivity contribution in [2.45, 2.75) is 0 Å². The average molecular weight is 171 g/mol. The van der Waals surface area contributed by atoms with E-state index >= 15 is 0 Å². The van der Waals surface area contributed by atoms with Crippen molar-refractivity contribution in [3.8, 4) is 0 Å². The molecule has 0 N–H and O–H groups in total. The van der Waals surface area contributed by atoms with Crippen LogP contribution in [0.1, 0.15) is 0 Å². The van der Waals surface area contributed by atoms with Gasteiger partial charge in [-0.1, -0.05) is 14.6 Å². The number of hydrogen-bond donors (Lipinski definition) is 0. The maximum atomic E-state index is 4.22. The first-order valence-corrected chi connectivity index (χ1v) is 5.31. The van der Waals surface area contributed by atoms with Crippen LogP contribution in [0.15, 0.2) is 24.4 Å². The van der Waals surface area contributed by atoms with Gasteiger partial charge in [-0.15, -0.1) is 9.24 Å². The van der Waals surface area contributed by atoms with Gasteiger partial charge in [-0.2, -0.15) is 0 Å². The summed E-state index contributed by atoms with van der Waals surface area (Å²) in [6.45, 7) is 0. The van der Waals surface area contributed by atoms with E-state index < -0.39 is 0 Å². The Morgan fingerprint density at radius 3 is 3.00 bits per heavy atom. The van der Waals surface area contributed by atoms with Crippen LogP contribution in [-0.4, -0.2) is 17.3 Å². The minimum Gasteiger partial charge on any atom is -0.257 e. The fourth-order valence-electron chi connectivity index (χ4n) is 0.668. The highest BCUT2D eigenvalue weighted by molar-refractivity contribution is 7.47. The molecule has 3 heteroatoms. The molecule has 1 heterocycles. The summed E-state index contributed by atoms with van der Waals surface area (Å²) in [7, 11) is 3.60. The zero-order valence-corrected chi connectivity index (χ0v) is 7.90. The normalized spacial score (nSPS) is 10.9. The minimum atomic E-state index is 0.873. The second-order valence-electron chi connectivity index (χ2n) is 1.93. The Morgan fingerprint density at radius 2 is 2.40 bits per heavy atom. The van der Waals surface area contributed by atoms with Crippen LogP contribution >= 0.6 is 17.8 Å². The average Bonchev–Trinajstić information content (AvgIpc) is 2.03. The van der Waals surface area contributed by atoms with Gasteiger partial charge in [0.05, 0.1) is 5.44 Å². The van der Waals surface area contributed by atoms with Crippen molar-refractivity contribution >= 4 is 23.3 Å². The topological polar surface area (TPSA) is 12.9 Å². The third kappa shape index (κ3) is 2.73. The lowest BCUT2D eigenvalue weighted by molar-refractivity contribution is 1.39. The van der Waals surface area contributed by atoms with Crippen molar-refractivity contribution in [2.75, 3.05) is 12.3 Å². The Kier molecular flexibility index (Phi) is 3.87. The van der Waals surface area contributed by atoms with Crippen molar-refractivity contribution in [3.05, 3.63) is 24.4 Å². The fraction of sp³-hybridized carbons (Fsp3) is 0.286. The quantitative estimate of drug-likeness (QED) is 0.624. The van der Waals surface area contributed by atoms with Gasteiger partial charge in [0.15, 0.2) is 0 Å². The molecule has 1 aromatic rings. The van der Waals surface area contributed by atoms with Gasteiger partial charge in [-0.05, 0) is 24.5 Å².